The van der Waals surface area contributed by atoms with Crippen molar-refractivity contribution in [3.05, 3.63) is 0 Å². The summed E-state index contributed by atoms with van der Waals surface area (Å²) >= 11 is 0. The van der Waals surface area contributed by atoms with Crippen LogP contribution in [-0.4, -0.2) is 50.9 Å². The Balaban J connectivity index is 0.000000212. The van der Waals surface area contributed by atoms with Gasteiger partial charge in [-0.2, -0.15) is 0 Å². The van der Waals surface area contributed by atoms with Crippen molar-refractivity contribution in [1.29, 1.82) is 0 Å². The van der Waals surface area contributed by atoms with E-state index in [1.54, 1.807) is 0 Å². The normalized spacial score (nSPS) is 24.3. The highest BCUT2D eigenvalue weighted by molar-refractivity contribution is 5.79. The molecule has 0 unspecified atom stereocenters. The van der Waals surface area contributed by atoms with Gasteiger partial charge in [0.2, 0.25) is 0 Å². The third kappa shape index (κ3) is 6.51. The molecule has 7 heteroatoms. The minimum absolute atomic E-state index is 0.0104. The van der Waals surface area contributed by atoms with E-state index in [2.05, 4.69) is 4.74 Å². The molecule has 0 amide bonds. The number of Topliss-reactive ketones (excluding diaryl/α,β-unsaturated/α-hetero) is 1. The average molecular weight is 413 g/mol. The highest BCUT2D eigenvalue weighted by Crippen LogP contribution is 2.40. The molecule has 0 N–H and O–H groups in total. The van der Waals surface area contributed by atoms with Crippen LogP contribution in [0.25, 0.3) is 0 Å². The number of rotatable bonds is 4. The van der Waals surface area contributed by atoms with Crippen LogP contribution in [0, 0.1) is 23.7 Å². The quantitative estimate of drug-likeness (QED) is 0.655. The summed E-state index contributed by atoms with van der Waals surface area (Å²) in [5, 5.41) is 0. The molecule has 0 aromatic heterocycles. The van der Waals surface area contributed by atoms with Crippen molar-refractivity contribution < 1.29 is 33.3 Å². The largest absolute Gasteiger partial charge is 0.469 e. The molecule has 0 radical (unpaired) electrons. The van der Waals surface area contributed by atoms with Crippen LogP contribution in [0.2, 0.25) is 0 Å². The zero-order valence-electron chi connectivity index (χ0n) is 18.2. The smallest absolute Gasteiger partial charge is 0.308 e. The number of esters is 2. The van der Waals surface area contributed by atoms with Crippen LogP contribution in [0.5, 0.6) is 0 Å². The zero-order chi connectivity index (χ0) is 21.4. The molecule has 7 nitrogen and oxygen atoms in total. The Morgan fingerprint density at radius 3 is 1.69 bits per heavy atom. The second kappa shape index (κ2) is 11.1. The number of carbonyl (C=O) groups excluding carboxylic acids is 3. The lowest BCUT2D eigenvalue weighted by Gasteiger charge is -2.36. The molecule has 2 aliphatic carbocycles. The summed E-state index contributed by atoms with van der Waals surface area (Å²) in [6.07, 6.45) is 6.72. The second-order valence-electron chi connectivity index (χ2n) is 8.44. The Morgan fingerprint density at radius 1 is 0.862 bits per heavy atom. The molecule has 1 saturated heterocycles. The van der Waals surface area contributed by atoms with Crippen molar-refractivity contribution in [2.45, 2.75) is 71.0 Å². The topological polar surface area (TPSA) is 88.1 Å². The number of hydrogen-bond donors (Lipinski definition) is 0. The molecule has 1 aliphatic heterocycles. The van der Waals surface area contributed by atoms with E-state index in [4.69, 9.17) is 14.2 Å². The summed E-state index contributed by atoms with van der Waals surface area (Å²) in [5.74, 6) is 0.423. The van der Waals surface area contributed by atoms with Gasteiger partial charge in [0.05, 0.1) is 39.3 Å². The number of carbonyl (C=O) groups is 3. The number of hydrogen-bond acceptors (Lipinski definition) is 7. The predicted molar refractivity (Wildman–Crippen MR) is 106 cm³/mol. The van der Waals surface area contributed by atoms with Crippen LogP contribution in [0.1, 0.15) is 65.2 Å². The van der Waals surface area contributed by atoms with Crippen LogP contribution < -0.4 is 0 Å². The van der Waals surface area contributed by atoms with Crippen LogP contribution in [0.15, 0.2) is 0 Å². The van der Waals surface area contributed by atoms with Crippen LogP contribution in [0.4, 0.5) is 0 Å². The molecule has 3 fully saturated rings. The van der Waals surface area contributed by atoms with Gasteiger partial charge in [-0.25, -0.2) is 0 Å². The molecule has 2 saturated carbocycles. The maximum Gasteiger partial charge on any atom is 0.308 e. The first-order valence-electron chi connectivity index (χ1n) is 10.8. The summed E-state index contributed by atoms with van der Waals surface area (Å²) in [6, 6.07) is 0. The van der Waals surface area contributed by atoms with Crippen molar-refractivity contribution in [3.8, 4) is 0 Å². The third-order valence-corrected chi connectivity index (χ3v) is 6.75. The summed E-state index contributed by atoms with van der Waals surface area (Å²) in [6.45, 7) is 5.24. The molecular formula is C22H36O7. The fourth-order valence-electron chi connectivity index (χ4n) is 4.58. The molecule has 1 spiro atoms. The number of methoxy groups -OCH3 is 2. The predicted octanol–water partition coefficient (Wildman–Crippen LogP) is 3.28. The molecule has 2 atom stereocenters. The summed E-state index contributed by atoms with van der Waals surface area (Å²) in [4.78, 5) is 33.6. The number of ether oxygens (including phenoxy) is 4. The average Bonchev–Trinajstić information content (AvgIpc) is 3.21. The Bertz CT molecular complexity index is 548. The molecule has 3 rings (SSSR count). The fraction of sp³-hybridized carbons (Fsp3) is 0.864. The maximum absolute atomic E-state index is 11.4. The first-order chi connectivity index (χ1) is 13.8. The van der Waals surface area contributed by atoms with E-state index in [0.29, 0.717) is 43.7 Å². The highest BCUT2D eigenvalue weighted by Gasteiger charge is 2.42. The van der Waals surface area contributed by atoms with Crippen molar-refractivity contribution in [3.63, 3.8) is 0 Å². The van der Waals surface area contributed by atoms with E-state index >= 15 is 0 Å². The van der Waals surface area contributed by atoms with Gasteiger partial charge in [-0.3, -0.25) is 14.4 Å². The van der Waals surface area contributed by atoms with Gasteiger partial charge in [0.25, 0.3) is 0 Å². The first kappa shape index (κ1) is 23.8. The van der Waals surface area contributed by atoms with Crippen molar-refractivity contribution in [2.24, 2.45) is 23.7 Å². The van der Waals surface area contributed by atoms with Gasteiger partial charge in [-0.1, -0.05) is 13.8 Å². The van der Waals surface area contributed by atoms with Gasteiger partial charge in [-0.15, -0.1) is 0 Å². The van der Waals surface area contributed by atoms with Crippen LogP contribution in [-0.2, 0) is 33.3 Å². The van der Waals surface area contributed by atoms with Gasteiger partial charge in [-0.05, 0) is 37.5 Å². The zero-order valence-corrected chi connectivity index (χ0v) is 18.2. The van der Waals surface area contributed by atoms with Crippen LogP contribution >= 0.6 is 0 Å². The molecule has 29 heavy (non-hydrogen) atoms. The Kier molecular flexibility index (Phi) is 9.08. The van der Waals surface area contributed by atoms with Crippen molar-refractivity contribution in [2.75, 3.05) is 27.4 Å². The van der Waals surface area contributed by atoms with Crippen molar-refractivity contribution in [1.82, 2.24) is 0 Å². The van der Waals surface area contributed by atoms with E-state index < -0.39 is 0 Å². The molecule has 3 aliphatic rings. The number of ketones is 1. The Labute approximate surface area is 173 Å². The van der Waals surface area contributed by atoms with Gasteiger partial charge in [0, 0.05) is 25.7 Å². The van der Waals surface area contributed by atoms with Gasteiger partial charge < -0.3 is 18.9 Å². The van der Waals surface area contributed by atoms with Gasteiger partial charge >= 0.3 is 11.9 Å². The minimum atomic E-state index is -0.327. The summed E-state index contributed by atoms with van der Waals surface area (Å²) < 4.78 is 20.8. The molecule has 0 aromatic carbocycles. The van der Waals surface area contributed by atoms with E-state index in [9.17, 15) is 14.4 Å². The molecule has 0 bridgehead atoms. The molecule has 1 heterocycles. The SMILES string of the molecule is COC(=O)[C@@H](C)C1CCC(=O)CC1.COC(=O)[C@@H](C)C1CCC2(CC1)OCCO2. The van der Waals surface area contributed by atoms with E-state index in [1.165, 1.54) is 14.2 Å². The lowest BCUT2D eigenvalue weighted by Crippen LogP contribution is -2.37. The lowest BCUT2D eigenvalue weighted by atomic mass is 9.78. The van der Waals surface area contributed by atoms with E-state index in [0.717, 1.165) is 38.5 Å². The van der Waals surface area contributed by atoms with E-state index in [-0.39, 0.29) is 29.6 Å². The van der Waals surface area contributed by atoms with Crippen LogP contribution in [0.3, 0.4) is 0 Å². The Morgan fingerprint density at radius 2 is 1.28 bits per heavy atom. The highest BCUT2D eigenvalue weighted by atomic mass is 16.7. The molecule has 0 aromatic rings. The summed E-state index contributed by atoms with van der Waals surface area (Å²) in [7, 11) is 2.86. The van der Waals surface area contributed by atoms with Gasteiger partial charge in [0.1, 0.15) is 5.78 Å². The molecular weight excluding hydrogens is 376 g/mol. The fourth-order valence-corrected chi connectivity index (χ4v) is 4.58. The standard InChI is InChI=1S/C12H20O4.C10H16O3/c1-9(11(13)14-2)10-3-5-12(6-4-10)15-7-8-16-12;1-7(10(12)13-2)8-3-5-9(11)6-4-8/h9-10H,3-8H2,1-2H3;7-8H,3-6H2,1-2H3/t9-;7-/m00/s1. The first-order valence-corrected chi connectivity index (χ1v) is 10.8. The monoisotopic (exact) mass is 412 g/mol. The van der Waals surface area contributed by atoms with E-state index in [1.807, 2.05) is 13.8 Å². The lowest BCUT2D eigenvalue weighted by molar-refractivity contribution is -0.186. The van der Waals surface area contributed by atoms with Gasteiger partial charge in [0.15, 0.2) is 5.79 Å². The second-order valence-corrected chi connectivity index (χ2v) is 8.44. The molecule has 166 valence electrons. The third-order valence-electron chi connectivity index (χ3n) is 6.75. The maximum atomic E-state index is 11.4. The minimum Gasteiger partial charge on any atom is -0.469 e. The summed E-state index contributed by atoms with van der Waals surface area (Å²) in [5.41, 5.74) is 0. The van der Waals surface area contributed by atoms with Crippen molar-refractivity contribution >= 4 is 17.7 Å². The Hall–Kier alpha value is -1.47.